The average Bonchev–Trinajstić information content (AvgIpc) is 1.84. The third-order valence-corrected chi connectivity index (χ3v) is 2.63. The molecule has 0 amide bonds. The van der Waals surface area contributed by atoms with Crippen LogP contribution in [-0.2, 0) is 0 Å². The van der Waals surface area contributed by atoms with Gasteiger partial charge in [-0.3, -0.25) is 0 Å². The number of halogens is 6. The fourth-order valence-electron chi connectivity index (χ4n) is 0.489. The van der Waals surface area contributed by atoms with E-state index >= 15 is 0 Å². The van der Waals surface area contributed by atoms with Crippen LogP contribution in [0.15, 0.2) is 10.1 Å². The molecule has 1 unspecified atom stereocenters. The van der Waals surface area contributed by atoms with Gasteiger partial charge in [-0.1, -0.05) is 34.8 Å². The Hall–Kier alpha value is 0.400. The van der Waals surface area contributed by atoms with Gasteiger partial charge in [-0.25, -0.2) is 4.39 Å². The van der Waals surface area contributed by atoms with Crippen LogP contribution >= 0.6 is 34.8 Å². The molecule has 0 heterocycles. The van der Waals surface area contributed by atoms with Gasteiger partial charge in [-0.2, -0.15) is 8.78 Å². The Morgan fingerprint density at radius 2 is 1.40 bits per heavy atom. The van der Waals surface area contributed by atoms with Gasteiger partial charge in [0.25, 0.3) is 5.13 Å². The number of hydrogen-bond acceptors (Lipinski definition) is 0. The zero-order valence-electron chi connectivity index (χ0n) is 4.27. The first kappa shape index (κ1) is 8.50. The molecule has 0 aromatic rings. The number of hydrogen-bond donors (Lipinski definition) is 0. The molecule has 0 nitrogen and oxygen atoms in total. The van der Waals surface area contributed by atoms with Crippen LogP contribution in [0.2, 0.25) is 0 Å². The van der Waals surface area contributed by atoms with Crippen LogP contribution in [-0.4, -0.2) is 11.1 Å². The quantitative estimate of drug-likeness (QED) is 0.540. The van der Waals surface area contributed by atoms with Crippen molar-refractivity contribution in [3.05, 3.63) is 10.1 Å². The molecule has 0 bridgehead atoms. The molecule has 0 fully saturated rings. The maximum atomic E-state index is 12.4. The summed E-state index contributed by atoms with van der Waals surface area (Å²) in [6.07, 6.45) is 0. The highest BCUT2D eigenvalue weighted by atomic mass is 35.5. The summed E-state index contributed by atoms with van der Waals surface area (Å²) in [5, 5.41) is -5.15. The average molecular weight is 211 g/mol. The van der Waals surface area contributed by atoms with E-state index in [2.05, 4.69) is 11.6 Å². The summed E-state index contributed by atoms with van der Waals surface area (Å²) in [5.41, 5.74) is 0. The molecule has 0 aromatic carbocycles. The van der Waals surface area contributed by atoms with Gasteiger partial charge in [0.2, 0.25) is 0 Å². The van der Waals surface area contributed by atoms with Crippen LogP contribution < -0.4 is 0 Å². The van der Waals surface area contributed by atoms with Gasteiger partial charge in [0.1, 0.15) is 5.03 Å². The molecular formula is C4Cl3F3. The van der Waals surface area contributed by atoms with Crippen LogP contribution in [0.4, 0.5) is 13.2 Å². The van der Waals surface area contributed by atoms with Crippen molar-refractivity contribution in [1.82, 2.24) is 0 Å². The summed E-state index contributed by atoms with van der Waals surface area (Å²) >= 11 is 14.4. The predicted octanol–water partition coefficient (Wildman–Crippen LogP) is 3.23. The number of alkyl halides is 4. The fraction of sp³-hybridized carbons (Fsp3) is 0.500. The molecule has 0 aliphatic heterocycles. The molecular weight excluding hydrogens is 211 g/mol. The fourth-order valence-corrected chi connectivity index (χ4v) is 1.27. The molecule has 0 saturated heterocycles. The van der Waals surface area contributed by atoms with Crippen molar-refractivity contribution >= 4 is 34.8 Å². The highest BCUT2D eigenvalue weighted by Crippen LogP contribution is 2.59. The maximum absolute atomic E-state index is 12.4. The topological polar surface area (TPSA) is 0 Å². The second-order valence-corrected chi connectivity index (χ2v) is 3.05. The first-order valence-electron chi connectivity index (χ1n) is 2.13. The van der Waals surface area contributed by atoms with Crippen LogP contribution in [0, 0.1) is 0 Å². The van der Waals surface area contributed by atoms with Crippen LogP contribution in [0.3, 0.4) is 0 Å². The summed E-state index contributed by atoms with van der Waals surface area (Å²) < 4.78 is 36.7. The summed E-state index contributed by atoms with van der Waals surface area (Å²) in [6.45, 7) is 0. The predicted molar refractivity (Wildman–Crippen MR) is 33.4 cm³/mol. The smallest absolute Gasteiger partial charge is 0.213 e. The van der Waals surface area contributed by atoms with E-state index in [1.54, 1.807) is 0 Å². The maximum Gasteiger partial charge on any atom is 0.337 e. The van der Waals surface area contributed by atoms with E-state index in [1.165, 1.54) is 0 Å². The van der Waals surface area contributed by atoms with Crippen molar-refractivity contribution in [2.24, 2.45) is 0 Å². The Kier molecular flexibility index (Phi) is 1.66. The van der Waals surface area contributed by atoms with E-state index in [4.69, 9.17) is 23.2 Å². The molecule has 0 radical (unpaired) electrons. The van der Waals surface area contributed by atoms with Crippen LogP contribution in [0.1, 0.15) is 0 Å². The lowest BCUT2D eigenvalue weighted by atomic mass is 10.0. The molecule has 0 spiro atoms. The molecule has 1 rings (SSSR count). The molecule has 6 heteroatoms. The SMILES string of the molecule is FC1(F)C(Cl)=C(Cl)C1(F)Cl. The van der Waals surface area contributed by atoms with E-state index < -0.39 is 21.1 Å². The summed E-state index contributed by atoms with van der Waals surface area (Å²) in [6, 6.07) is 0. The highest BCUT2D eigenvalue weighted by molar-refractivity contribution is 6.48. The lowest BCUT2D eigenvalue weighted by Crippen LogP contribution is -2.49. The monoisotopic (exact) mass is 210 g/mol. The van der Waals surface area contributed by atoms with E-state index in [0.29, 0.717) is 0 Å². The normalized spacial score (nSPS) is 37.8. The zero-order valence-corrected chi connectivity index (χ0v) is 6.54. The Balaban J connectivity index is 3.10. The van der Waals surface area contributed by atoms with Crippen molar-refractivity contribution in [3.63, 3.8) is 0 Å². The Bertz CT molecular complexity index is 186. The van der Waals surface area contributed by atoms with Crippen molar-refractivity contribution < 1.29 is 13.2 Å². The van der Waals surface area contributed by atoms with Gasteiger partial charge in [0.05, 0.1) is 5.03 Å². The molecule has 0 aromatic heterocycles. The van der Waals surface area contributed by atoms with Crippen LogP contribution in [0.25, 0.3) is 0 Å². The lowest BCUT2D eigenvalue weighted by Gasteiger charge is -2.36. The molecule has 1 aliphatic rings. The third-order valence-electron chi connectivity index (χ3n) is 1.14. The zero-order chi connectivity index (χ0) is 8.15. The van der Waals surface area contributed by atoms with Crippen molar-refractivity contribution in [3.8, 4) is 0 Å². The molecule has 1 aliphatic carbocycles. The summed E-state index contributed by atoms with van der Waals surface area (Å²) in [7, 11) is 0. The minimum Gasteiger partial charge on any atom is -0.213 e. The van der Waals surface area contributed by atoms with E-state index in [1.807, 2.05) is 0 Å². The van der Waals surface area contributed by atoms with E-state index in [-0.39, 0.29) is 0 Å². The first-order valence-corrected chi connectivity index (χ1v) is 3.27. The van der Waals surface area contributed by atoms with Crippen molar-refractivity contribution in [1.29, 1.82) is 0 Å². The minimum absolute atomic E-state index is 0.833. The first-order chi connectivity index (χ1) is 4.32. The molecule has 0 saturated carbocycles. The Morgan fingerprint density at radius 3 is 1.50 bits per heavy atom. The standard InChI is InChI=1S/C4Cl3F3/c5-1-2(6)4(9,10)3(1,7)8. The number of rotatable bonds is 0. The largest absolute Gasteiger partial charge is 0.337 e. The van der Waals surface area contributed by atoms with Gasteiger partial charge in [0.15, 0.2) is 0 Å². The second-order valence-electron chi connectivity index (χ2n) is 1.78. The summed E-state index contributed by atoms with van der Waals surface area (Å²) in [5.74, 6) is -3.84. The second kappa shape index (κ2) is 1.96. The summed E-state index contributed by atoms with van der Waals surface area (Å²) in [4.78, 5) is 0. The molecule has 58 valence electrons. The van der Waals surface area contributed by atoms with E-state index in [9.17, 15) is 13.2 Å². The highest BCUT2D eigenvalue weighted by Gasteiger charge is 2.68. The lowest BCUT2D eigenvalue weighted by molar-refractivity contribution is -0.0600. The Morgan fingerprint density at radius 1 is 1.00 bits per heavy atom. The third kappa shape index (κ3) is 0.713. The van der Waals surface area contributed by atoms with Crippen molar-refractivity contribution in [2.45, 2.75) is 11.1 Å². The minimum atomic E-state index is -3.84. The van der Waals surface area contributed by atoms with Gasteiger partial charge in [-0.05, 0) is 0 Å². The van der Waals surface area contributed by atoms with E-state index in [0.717, 1.165) is 0 Å². The van der Waals surface area contributed by atoms with Crippen LogP contribution in [0.5, 0.6) is 0 Å². The molecule has 0 N–H and O–H groups in total. The Labute approximate surface area is 69.5 Å². The van der Waals surface area contributed by atoms with Gasteiger partial charge in [-0.15, -0.1) is 0 Å². The number of allylic oxidation sites excluding steroid dienone is 2. The molecule has 10 heavy (non-hydrogen) atoms. The van der Waals surface area contributed by atoms with Gasteiger partial charge in [0, 0.05) is 0 Å². The van der Waals surface area contributed by atoms with Crippen molar-refractivity contribution in [2.75, 3.05) is 0 Å². The molecule has 1 atom stereocenters. The van der Waals surface area contributed by atoms with Gasteiger partial charge >= 0.3 is 5.92 Å². The van der Waals surface area contributed by atoms with Gasteiger partial charge < -0.3 is 0 Å².